The van der Waals surface area contributed by atoms with Crippen molar-refractivity contribution >= 4 is 16.8 Å². The molecule has 3 heteroatoms. The molecule has 0 unspecified atom stereocenters. The predicted molar refractivity (Wildman–Crippen MR) is 85.2 cm³/mol. The highest BCUT2D eigenvalue weighted by molar-refractivity contribution is 5.81. The largest absolute Gasteiger partial charge is 0.379 e. The first kappa shape index (κ1) is 14.0. The second kappa shape index (κ2) is 6.15. The molecule has 0 amide bonds. The minimum Gasteiger partial charge on any atom is -0.379 e. The number of anilines is 1. The van der Waals surface area contributed by atoms with Crippen molar-refractivity contribution < 1.29 is 0 Å². The van der Waals surface area contributed by atoms with Crippen LogP contribution in [0.1, 0.15) is 30.7 Å². The van der Waals surface area contributed by atoms with Crippen molar-refractivity contribution in [1.29, 1.82) is 0 Å². The highest BCUT2D eigenvalue weighted by Gasteiger charge is 2.11. The van der Waals surface area contributed by atoms with E-state index in [4.69, 9.17) is 0 Å². The maximum absolute atomic E-state index is 4.18. The minimum absolute atomic E-state index is 0.729. The van der Waals surface area contributed by atoms with Crippen LogP contribution in [0.15, 0.2) is 49.7 Å². The fraction of sp³-hybridized carbons (Fsp3) is 0.176. The number of benzene rings is 1. The van der Waals surface area contributed by atoms with Crippen LogP contribution in [0.25, 0.3) is 11.1 Å². The van der Waals surface area contributed by atoms with Gasteiger partial charge in [-0.25, -0.2) is 0 Å². The Morgan fingerprint density at radius 2 is 1.80 bits per heavy atom. The van der Waals surface area contributed by atoms with Gasteiger partial charge in [0.05, 0.1) is 11.9 Å². The molecule has 0 fully saturated rings. The molecule has 0 bridgehead atoms. The summed E-state index contributed by atoms with van der Waals surface area (Å²) in [5.74, 6) is 0. The van der Waals surface area contributed by atoms with Crippen molar-refractivity contribution in [2.75, 3.05) is 5.32 Å². The van der Waals surface area contributed by atoms with Gasteiger partial charge in [0.25, 0.3) is 0 Å². The molecule has 3 nitrogen and oxygen atoms in total. The zero-order valence-corrected chi connectivity index (χ0v) is 12.0. The summed E-state index contributed by atoms with van der Waals surface area (Å²) >= 11 is 0. The molecule has 0 radical (unpaired) electrons. The molecule has 0 aliphatic carbocycles. The van der Waals surface area contributed by atoms with Gasteiger partial charge in [0.2, 0.25) is 0 Å². The average molecular weight is 265 g/mol. The Hall–Kier alpha value is -2.42. The van der Waals surface area contributed by atoms with Crippen LogP contribution in [-0.4, -0.2) is 10.2 Å². The topological polar surface area (TPSA) is 37.8 Å². The Kier molecular flexibility index (Phi) is 4.31. The molecule has 2 rings (SSSR count). The van der Waals surface area contributed by atoms with Gasteiger partial charge in [-0.15, -0.1) is 5.10 Å². The van der Waals surface area contributed by atoms with Crippen molar-refractivity contribution in [3.05, 3.63) is 66.5 Å². The van der Waals surface area contributed by atoms with E-state index in [1.54, 1.807) is 6.20 Å². The van der Waals surface area contributed by atoms with E-state index < -0.39 is 0 Å². The smallest absolute Gasteiger partial charge is 0.112 e. The van der Waals surface area contributed by atoms with E-state index in [9.17, 15) is 0 Å². The van der Waals surface area contributed by atoms with E-state index in [0.717, 1.165) is 34.6 Å². The molecule has 1 aromatic heterocycles. The van der Waals surface area contributed by atoms with Gasteiger partial charge in [0, 0.05) is 12.1 Å². The predicted octanol–water partition coefficient (Wildman–Crippen LogP) is 4.15. The number of aromatic nitrogens is 2. The molecule has 0 spiro atoms. The van der Waals surface area contributed by atoms with Crippen molar-refractivity contribution in [1.82, 2.24) is 10.2 Å². The van der Waals surface area contributed by atoms with E-state index >= 15 is 0 Å². The maximum atomic E-state index is 4.18. The lowest BCUT2D eigenvalue weighted by atomic mass is 10.1. The van der Waals surface area contributed by atoms with Crippen molar-refractivity contribution in [3.63, 3.8) is 0 Å². The summed E-state index contributed by atoms with van der Waals surface area (Å²) in [6.45, 7) is 12.6. The second-order valence-electron chi connectivity index (χ2n) is 4.88. The summed E-state index contributed by atoms with van der Waals surface area (Å²) in [6, 6.07) is 10.2. The lowest BCUT2D eigenvalue weighted by Crippen LogP contribution is -2.07. The third-order valence-electron chi connectivity index (χ3n) is 3.03. The number of nitrogens with zero attached hydrogens (tertiary/aromatic N) is 2. The van der Waals surface area contributed by atoms with E-state index in [2.05, 4.69) is 40.8 Å². The fourth-order valence-electron chi connectivity index (χ4n) is 1.97. The molecule has 1 heterocycles. The first-order chi connectivity index (χ1) is 9.59. The normalized spacial score (nSPS) is 10.1. The number of hydrogen-bond acceptors (Lipinski definition) is 3. The number of hydrogen-bond donors (Lipinski definition) is 1. The highest BCUT2D eigenvalue weighted by Crippen LogP contribution is 2.28. The molecule has 2 aromatic rings. The molecule has 0 saturated carbocycles. The Labute approximate surface area is 120 Å². The van der Waals surface area contributed by atoms with E-state index in [-0.39, 0.29) is 0 Å². The van der Waals surface area contributed by atoms with Crippen LogP contribution in [0.5, 0.6) is 0 Å². The highest BCUT2D eigenvalue weighted by atomic mass is 15.1. The van der Waals surface area contributed by atoms with Crippen molar-refractivity contribution in [2.45, 2.75) is 20.4 Å². The van der Waals surface area contributed by atoms with Crippen molar-refractivity contribution in [2.24, 2.45) is 0 Å². The van der Waals surface area contributed by atoms with Crippen LogP contribution >= 0.6 is 0 Å². The first-order valence-corrected chi connectivity index (χ1v) is 6.55. The van der Waals surface area contributed by atoms with Crippen molar-refractivity contribution in [3.8, 4) is 0 Å². The van der Waals surface area contributed by atoms with Crippen LogP contribution in [0, 0.1) is 0 Å². The van der Waals surface area contributed by atoms with Gasteiger partial charge in [-0.05, 0) is 30.6 Å². The van der Waals surface area contributed by atoms with Gasteiger partial charge in [-0.1, -0.05) is 43.5 Å². The fourth-order valence-corrected chi connectivity index (χ4v) is 1.97. The summed E-state index contributed by atoms with van der Waals surface area (Å²) < 4.78 is 0. The van der Waals surface area contributed by atoms with Gasteiger partial charge in [-0.3, -0.25) is 0 Å². The monoisotopic (exact) mass is 265 g/mol. The van der Waals surface area contributed by atoms with Crippen LogP contribution in [0.4, 0.5) is 5.69 Å². The van der Waals surface area contributed by atoms with E-state index in [1.165, 1.54) is 5.56 Å². The van der Waals surface area contributed by atoms with Gasteiger partial charge in [0.15, 0.2) is 0 Å². The molecular formula is C17H19N3. The van der Waals surface area contributed by atoms with Crippen LogP contribution in [0.3, 0.4) is 0 Å². The summed E-state index contributed by atoms with van der Waals surface area (Å²) in [7, 11) is 0. The maximum Gasteiger partial charge on any atom is 0.112 e. The zero-order chi connectivity index (χ0) is 14.5. The van der Waals surface area contributed by atoms with Gasteiger partial charge < -0.3 is 5.32 Å². The van der Waals surface area contributed by atoms with Gasteiger partial charge in [0.1, 0.15) is 5.69 Å². The molecule has 20 heavy (non-hydrogen) atoms. The third-order valence-corrected chi connectivity index (χ3v) is 3.03. The minimum atomic E-state index is 0.729. The number of allylic oxidation sites excluding steroid dienone is 2. The molecule has 102 valence electrons. The summed E-state index contributed by atoms with van der Waals surface area (Å²) in [5.41, 5.74) is 5.78. The molecule has 0 saturated heterocycles. The van der Waals surface area contributed by atoms with Crippen LogP contribution in [-0.2, 0) is 6.54 Å². The van der Waals surface area contributed by atoms with Gasteiger partial charge in [-0.2, -0.15) is 5.10 Å². The average Bonchev–Trinajstić information content (AvgIpc) is 2.45. The Morgan fingerprint density at radius 3 is 2.40 bits per heavy atom. The quantitative estimate of drug-likeness (QED) is 0.882. The van der Waals surface area contributed by atoms with Crippen LogP contribution in [0.2, 0.25) is 0 Å². The summed E-state index contributed by atoms with van der Waals surface area (Å²) in [6.07, 6.45) is 1.74. The SMILES string of the molecule is C=C(C)c1cnnc(C(=C)C)c1NCc1ccccc1. The van der Waals surface area contributed by atoms with E-state index in [1.807, 2.05) is 32.0 Å². The second-order valence-corrected chi connectivity index (χ2v) is 4.88. The molecule has 0 aliphatic rings. The summed E-state index contributed by atoms with van der Waals surface area (Å²) in [4.78, 5) is 0. The Morgan fingerprint density at radius 1 is 1.10 bits per heavy atom. The lowest BCUT2D eigenvalue weighted by molar-refractivity contribution is 0.993. The molecule has 1 aromatic carbocycles. The number of rotatable bonds is 5. The van der Waals surface area contributed by atoms with Gasteiger partial charge >= 0.3 is 0 Å². The standard InChI is InChI=1S/C17H19N3/c1-12(2)15-11-19-20-16(13(3)4)17(15)18-10-14-8-6-5-7-9-14/h5-9,11H,1,3,10H2,2,4H3,(H,18,19). The van der Waals surface area contributed by atoms with E-state index in [0.29, 0.717) is 0 Å². The zero-order valence-electron chi connectivity index (χ0n) is 12.0. The summed E-state index contributed by atoms with van der Waals surface area (Å²) in [5, 5.41) is 11.6. The van der Waals surface area contributed by atoms with Crippen LogP contribution < -0.4 is 5.32 Å². The molecule has 1 N–H and O–H groups in total. The molecule has 0 aliphatic heterocycles. The Bertz CT molecular complexity index is 598. The Balaban J connectivity index is 2.33. The molecular weight excluding hydrogens is 246 g/mol. The first-order valence-electron chi connectivity index (χ1n) is 6.55. The third kappa shape index (κ3) is 3.12. The lowest BCUT2D eigenvalue weighted by Gasteiger charge is -2.15. The molecule has 0 atom stereocenters. The number of nitrogens with one attached hydrogen (secondary N) is 1.